The Hall–Kier alpha value is -2.96. The third-order valence-corrected chi connectivity index (χ3v) is 4.93. The molecule has 0 fully saturated rings. The van der Waals surface area contributed by atoms with E-state index in [0.29, 0.717) is 6.73 Å². The number of methoxy groups -OCH3 is 1. The van der Waals surface area contributed by atoms with Crippen LogP contribution in [-0.2, 0) is 11.5 Å². The lowest BCUT2D eigenvalue weighted by atomic mass is 10.1. The molecule has 0 spiro atoms. The number of imidazole rings is 1. The molecule has 0 aliphatic rings. The van der Waals surface area contributed by atoms with Gasteiger partial charge in [-0.15, -0.1) is 0 Å². The van der Waals surface area contributed by atoms with Gasteiger partial charge in [0.25, 0.3) is 0 Å². The average Bonchev–Trinajstić information content (AvgIpc) is 3.14. The summed E-state index contributed by atoms with van der Waals surface area (Å²) in [6.07, 6.45) is 3.76. The fourth-order valence-electron chi connectivity index (χ4n) is 3.14. The zero-order chi connectivity index (χ0) is 19.3. The zero-order valence-corrected chi connectivity index (χ0v) is 16.6. The van der Waals surface area contributed by atoms with Crippen LogP contribution in [0.2, 0.25) is 0 Å². The minimum Gasteiger partial charge on any atom is -0.364 e. The SMILES string of the molecule is COCn1c(-c2ccccc2)nc(-c2ccccc2)c1-c1ccnc(SC)n1. The van der Waals surface area contributed by atoms with E-state index in [1.807, 2.05) is 48.7 Å². The molecule has 4 aromatic rings. The van der Waals surface area contributed by atoms with Gasteiger partial charge >= 0.3 is 0 Å². The summed E-state index contributed by atoms with van der Waals surface area (Å²) in [5, 5.41) is 0.725. The molecular formula is C22H20N4OS. The van der Waals surface area contributed by atoms with Crippen molar-refractivity contribution in [2.75, 3.05) is 13.4 Å². The van der Waals surface area contributed by atoms with Crippen molar-refractivity contribution >= 4 is 11.8 Å². The third kappa shape index (κ3) is 3.56. The van der Waals surface area contributed by atoms with E-state index in [1.165, 1.54) is 11.8 Å². The van der Waals surface area contributed by atoms with Crippen molar-refractivity contribution < 1.29 is 4.74 Å². The van der Waals surface area contributed by atoms with Gasteiger partial charge in [-0.25, -0.2) is 15.0 Å². The fourth-order valence-corrected chi connectivity index (χ4v) is 3.50. The Kier molecular flexibility index (Phi) is 5.50. The summed E-state index contributed by atoms with van der Waals surface area (Å²) in [5.74, 6) is 0.848. The average molecular weight is 388 g/mol. The van der Waals surface area contributed by atoms with Crippen LogP contribution in [0.4, 0.5) is 0 Å². The largest absolute Gasteiger partial charge is 0.364 e. The molecule has 0 amide bonds. The van der Waals surface area contributed by atoms with Crippen molar-refractivity contribution in [3.05, 3.63) is 72.9 Å². The van der Waals surface area contributed by atoms with Crippen LogP contribution in [0, 0.1) is 0 Å². The molecule has 2 heterocycles. The molecule has 0 aliphatic heterocycles. The minimum atomic E-state index is 0.373. The maximum atomic E-state index is 5.53. The summed E-state index contributed by atoms with van der Waals surface area (Å²) in [6.45, 7) is 0.373. The van der Waals surface area contributed by atoms with E-state index < -0.39 is 0 Å². The van der Waals surface area contributed by atoms with Gasteiger partial charge in [-0.05, 0) is 12.3 Å². The predicted molar refractivity (Wildman–Crippen MR) is 113 cm³/mol. The van der Waals surface area contributed by atoms with Crippen LogP contribution in [0.5, 0.6) is 0 Å². The van der Waals surface area contributed by atoms with Gasteiger partial charge in [0.1, 0.15) is 12.6 Å². The number of benzene rings is 2. The van der Waals surface area contributed by atoms with Gasteiger partial charge in [-0.2, -0.15) is 0 Å². The van der Waals surface area contributed by atoms with Crippen LogP contribution in [0.1, 0.15) is 0 Å². The smallest absolute Gasteiger partial charge is 0.187 e. The molecule has 28 heavy (non-hydrogen) atoms. The third-order valence-electron chi connectivity index (χ3n) is 4.36. The molecule has 0 saturated heterocycles. The maximum Gasteiger partial charge on any atom is 0.187 e. The highest BCUT2D eigenvalue weighted by atomic mass is 32.2. The molecule has 4 rings (SSSR count). The summed E-state index contributed by atoms with van der Waals surface area (Å²) >= 11 is 1.52. The van der Waals surface area contributed by atoms with E-state index in [9.17, 15) is 0 Å². The van der Waals surface area contributed by atoms with E-state index >= 15 is 0 Å². The molecule has 0 N–H and O–H groups in total. The molecule has 5 nitrogen and oxygen atoms in total. The molecule has 0 aliphatic carbocycles. The van der Waals surface area contributed by atoms with E-state index in [2.05, 4.69) is 33.8 Å². The second-order valence-electron chi connectivity index (χ2n) is 6.14. The summed E-state index contributed by atoms with van der Waals surface area (Å²) in [7, 11) is 1.69. The Labute approximate surface area is 168 Å². The highest BCUT2D eigenvalue weighted by Crippen LogP contribution is 2.35. The van der Waals surface area contributed by atoms with Crippen LogP contribution in [-0.4, -0.2) is 32.9 Å². The minimum absolute atomic E-state index is 0.373. The van der Waals surface area contributed by atoms with Crippen molar-refractivity contribution in [3.63, 3.8) is 0 Å². The lowest BCUT2D eigenvalue weighted by Gasteiger charge is -2.12. The summed E-state index contributed by atoms with van der Waals surface area (Å²) < 4.78 is 7.61. The molecule has 0 atom stereocenters. The first-order valence-electron chi connectivity index (χ1n) is 8.89. The van der Waals surface area contributed by atoms with Gasteiger partial charge in [0.2, 0.25) is 0 Å². The summed E-state index contributed by atoms with van der Waals surface area (Å²) in [4.78, 5) is 14.1. The van der Waals surface area contributed by atoms with Crippen LogP contribution >= 0.6 is 11.8 Å². The Bertz CT molecular complexity index is 1060. The number of ether oxygens (including phenoxy) is 1. The van der Waals surface area contributed by atoms with Crippen molar-refractivity contribution in [1.82, 2.24) is 19.5 Å². The molecule has 0 radical (unpaired) electrons. The van der Waals surface area contributed by atoms with Crippen LogP contribution in [0.3, 0.4) is 0 Å². The Balaban J connectivity index is 2.01. The molecular weight excluding hydrogens is 368 g/mol. The predicted octanol–water partition coefficient (Wildman–Crippen LogP) is 5.00. The number of rotatable bonds is 6. The topological polar surface area (TPSA) is 52.8 Å². The number of hydrogen-bond donors (Lipinski definition) is 0. The van der Waals surface area contributed by atoms with E-state index in [4.69, 9.17) is 14.7 Å². The molecule has 140 valence electrons. The van der Waals surface area contributed by atoms with Gasteiger partial charge in [-0.1, -0.05) is 72.4 Å². The summed E-state index contributed by atoms with van der Waals surface area (Å²) in [6, 6.07) is 22.2. The number of hydrogen-bond acceptors (Lipinski definition) is 5. The van der Waals surface area contributed by atoms with Gasteiger partial charge in [-0.3, -0.25) is 4.57 Å². The fraction of sp³-hybridized carbons (Fsp3) is 0.136. The van der Waals surface area contributed by atoms with Gasteiger partial charge < -0.3 is 4.74 Å². The van der Waals surface area contributed by atoms with E-state index in [-0.39, 0.29) is 0 Å². The highest BCUT2D eigenvalue weighted by Gasteiger charge is 2.22. The van der Waals surface area contributed by atoms with Gasteiger partial charge in [0.05, 0.1) is 17.1 Å². The van der Waals surface area contributed by atoms with E-state index in [1.54, 1.807) is 13.3 Å². The molecule has 0 saturated carbocycles. The van der Waals surface area contributed by atoms with E-state index in [0.717, 1.165) is 39.2 Å². The molecule has 6 heteroatoms. The number of thioether (sulfide) groups is 1. The standard InChI is InChI=1S/C22H20N4OS/c1-27-15-26-20(18-13-14-23-22(24-18)28-2)19(16-9-5-3-6-10-16)25-21(26)17-11-7-4-8-12-17/h3-14H,15H2,1-2H3. The molecule has 0 unspecified atom stereocenters. The Morgan fingerprint density at radius 1 is 0.893 bits per heavy atom. The van der Waals surface area contributed by atoms with Crippen LogP contribution in [0.25, 0.3) is 34.0 Å². The van der Waals surface area contributed by atoms with Crippen molar-refractivity contribution in [2.24, 2.45) is 0 Å². The molecule has 2 aromatic carbocycles. The van der Waals surface area contributed by atoms with Gasteiger partial charge in [0.15, 0.2) is 5.16 Å². The van der Waals surface area contributed by atoms with Crippen molar-refractivity contribution in [2.45, 2.75) is 11.9 Å². The van der Waals surface area contributed by atoms with Crippen LogP contribution in [0.15, 0.2) is 78.1 Å². The van der Waals surface area contributed by atoms with Crippen molar-refractivity contribution in [1.29, 1.82) is 0 Å². The molecule has 0 bridgehead atoms. The quantitative estimate of drug-likeness (QED) is 0.344. The summed E-state index contributed by atoms with van der Waals surface area (Å²) in [5.41, 5.74) is 4.69. The highest BCUT2D eigenvalue weighted by molar-refractivity contribution is 7.98. The first-order chi connectivity index (χ1) is 13.8. The Morgan fingerprint density at radius 2 is 1.57 bits per heavy atom. The molecule has 2 aromatic heterocycles. The number of nitrogens with zero attached hydrogens (tertiary/aromatic N) is 4. The second-order valence-corrected chi connectivity index (χ2v) is 6.91. The van der Waals surface area contributed by atoms with Crippen LogP contribution < -0.4 is 0 Å². The van der Waals surface area contributed by atoms with Crippen molar-refractivity contribution in [3.8, 4) is 34.0 Å². The first kappa shape index (κ1) is 18.4. The lowest BCUT2D eigenvalue weighted by molar-refractivity contribution is 0.133. The lowest BCUT2D eigenvalue weighted by Crippen LogP contribution is -2.05. The maximum absolute atomic E-state index is 5.53. The first-order valence-corrected chi connectivity index (χ1v) is 10.1. The Morgan fingerprint density at radius 3 is 2.21 bits per heavy atom. The second kappa shape index (κ2) is 8.37. The zero-order valence-electron chi connectivity index (χ0n) is 15.7. The van der Waals surface area contributed by atoms with Gasteiger partial charge in [0, 0.05) is 24.4 Å². The number of aromatic nitrogens is 4. The monoisotopic (exact) mass is 388 g/mol. The normalized spacial score (nSPS) is 10.9.